The minimum absolute atomic E-state index is 0.103. The van der Waals surface area contributed by atoms with Crippen molar-refractivity contribution in [2.24, 2.45) is 0 Å². The molecule has 0 aliphatic rings. The van der Waals surface area contributed by atoms with E-state index in [1.807, 2.05) is 6.07 Å². The quantitative estimate of drug-likeness (QED) is 0.746. The molecule has 0 aromatic heterocycles. The van der Waals surface area contributed by atoms with Gasteiger partial charge in [0.25, 0.3) is 5.91 Å². The molecule has 0 saturated carbocycles. The van der Waals surface area contributed by atoms with E-state index in [2.05, 4.69) is 16.0 Å². The Hall–Kier alpha value is -2.75. The molecule has 0 aliphatic heterocycles. The van der Waals surface area contributed by atoms with Gasteiger partial charge in [0.05, 0.1) is 28.5 Å². The lowest BCUT2D eigenvalue weighted by molar-refractivity contribution is -0.114. The molecule has 0 aliphatic carbocycles. The lowest BCUT2D eigenvalue weighted by Crippen LogP contribution is -2.23. The number of carbonyl (C=O) groups excluding carboxylic acids is 2. The van der Waals surface area contributed by atoms with Crippen molar-refractivity contribution >= 4 is 46.4 Å². The SMILES string of the molecule is CNC(=O)c1ccc(Cl)c(NCC(=O)Nc2cc(Cl)ccc2C#N)c1. The average Bonchev–Trinajstić information content (AvgIpc) is 2.60. The van der Waals surface area contributed by atoms with Crippen LogP contribution < -0.4 is 16.0 Å². The molecule has 2 aromatic rings. The lowest BCUT2D eigenvalue weighted by atomic mass is 10.2. The van der Waals surface area contributed by atoms with E-state index in [0.717, 1.165) is 0 Å². The summed E-state index contributed by atoms with van der Waals surface area (Å²) in [6.07, 6.45) is 0. The van der Waals surface area contributed by atoms with Crippen molar-refractivity contribution in [2.75, 3.05) is 24.2 Å². The van der Waals surface area contributed by atoms with Crippen molar-refractivity contribution in [1.82, 2.24) is 5.32 Å². The molecule has 6 nitrogen and oxygen atoms in total. The fourth-order valence-electron chi connectivity index (χ4n) is 2.03. The van der Waals surface area contributed by atoms with Crippen LogP contribution in [0.1, 0.15) is 15.9 Å². The van der Waals surface area contributed by atoms with Crippen molar-refractivity contribution in [2.45, 2.75) is 0 Å². The molecule has 0 saturated heterocycles. The number of nitriles is 1. The van der Waals surface area contributed by atoms with Gasteiger partial charge in [-0.1, -0.05) is 23.2 Å². The van der Waals surface area contributed by atoms with Crippen LogP contribution >= 0.6 is 23.2 Å². The average molecular weight is 377 g/mol. The summed E-state index contributed by atoms with van der Waals surface area (Å²) < 4.78 is 0. The zero-order chi connectivity index (χ0) is 18.4. The first-order chi connectivity index (χ1) is 11.9. The summed E-state index contributed by atoms with van der Waals surface area (Å²) in [6.45, 7) is -0.103. The minimum atomic E-state index is -0.389. The zero-order valence-electron chi connectivity index (χ0n) is 13.2. The van der Waals surface area contributed by atoms with Crippen LogP contribution in [0.25, 0.3) is 0 Å². The van der Waals surface area contributed by atoms with Crippen LogP contribution in [-0.4, -0.2) is 25.4 Å². The van der Waals surface area contributed by atoms with Gasteiger partial charge in [-0.05, 0) is 36.4 Å². The van der Waals surface area contributed by atoms with E-state index in [4.69, 9.17) is 28.5 Å². The first kappa shape index (κ1) is 18.6. The number of benzene rings is 2. The highest BCUT2D eigenvalue weighted by atomic mass is 35.5. The summed E-state index contributed by atoms with van der Waals surface area (Å²) in [5, 5.41) is 17.8. The topological polar surface area (TPSA) is 94.0 Å². The third-order valence-corrected chi connectivity index (χ3v) is 3.84. The fraction of sp³-hybridized carbons (Fsp3) is 0.118. The molecule has 25 heavy (non-hydrogen) atoms. The van der Waals surface area contributed by atoms with Gasteiger partial charge in [0.15, 0.2) is 0 Å². The van der Waals surface area contributed by atoms with E-state index in [-0.39, 0.29) is 18.4 Å². The van der Waals surface area contributed by atoms with Gasteiger partial charge in [0, 0.05) is 17.6 Å². The van der Waals surface area contributed by atoms with Gasteiger partial charge in [-0.25, -0.2) is 0 Å². The Balaban J connectivity index is 2.07. The summed E-state index contributed by atoms with van der Waals surface area (Å²) in [5.74, 6) is -0.651. The maximum atomic E-state index is 12.1. The predicted molar refractivity (Wildman–Crippen MR) is 98.1 cm³/mol. The Morgan fingerprint density at radius 2 is 1.88 bits per heavy atom. The summed E-state index contributed by atoms with van der Waals surface area (Å²) >= 11 is 11.9. The number of anilines is 2. The predicted octanol–water partition coefficient (Wildman–Crippen LogP) is 3.28. The summed E-state index contributed by atoms with van der Waals surface area (Å²) in [6, 6.07) is 11.3. The molecule has 0 bridgehead atoms. The second kappa shape index (κ2) is 8.38. The van der Waals surface area contributed by atoms with Crippen molar-refractivity contribution in [3.63, 3.8) is 0 Å². The molecular weight excluding hydrogens is 363 g/mol. The molecular formula is C17H14Cl2N4O2. The van der Waals surface area contributed by atoms with Crippen LogP contribution in [-0.2, 0) is 4.79 Å². The van der Waals surface area contributed by atoms with E-state index in [1.54, 1.807) is 24.3 Å². The van der Waals surface area contributed by atoms with Crippen LogP contribution in [0.2, 0.25) is 10.0 Å². The van der Waals surface area contributed by atoms with E-state index in [9.17, 15) is 9.59 Å². The Labute approximate surface area is 154 Å². The number of carbonyl (C=O) groups is 2. The molecule has 0 heterocycles. The van der Waals surface area contributed by atoms with E-state index in [0.29, 0.717) is 32.5 Å². The first-order valence-corrected chi connectivity index (χ1v) is 7.95. The molecule has 3 N–H and O–H groups in total. The molecule has 0 fully saturated rings. The van der Waals surface area contributed by atoms with E-state index < -0.39 is 0 Å². The maximum Gasteiger partial charge on any atom is 0.251 e. The van der Waals surface area contributed by atoms with E-state index >= 15 is 0 Å². The first-order valence-electron chi connectivity index (χ1n) is 7.19. The Kier molecular flexibility index (Phi) is 6.23. The van der Waals surface area contributed by atoms with E-state index in [1.165, 1.54) is 19.2 Å². The molecule has 128 valence electrons. The van der Waals surface area contributed by atoms with Crippen LogP contribution in [0, 0.1) is 11.3 Å². The van der Waals surface area contributed by atoms with Crippen molar-refractivity contribution < 1.29 is 9.59 Å². The Morgan fingerprint density at radius 3 is 2.56 bits per heavy atom. The molecule has 8 heteroatoms. The standard InChI is InChI=1S/C17H14Cl2N4O2/c1-21-17(25)10-3-5-13(19)15(6-10)22-9-16(24)23-14-7-12(18)4-2-11(14)8-20/h2-7,22H,9H2,1H3,(H,21,25)(H,23,24). The molecule has 2 rings (SSSR count). The highest BCUT2D eigenvalue weighted by molar-refractivity contribution is 6.33. The van der Waals surface area contributed by atoms with Crippen molar-refractivity contribution in [3.05, 3.63) is 57.6 Å². The number of nitrogens with zero attached hydrogens (tertiary/aromatic N) is 1. The van der Waals surface area contributed by atoms with Crippen LogP contribution in [0.15, 0.2) is 36.4 Å². The van der Waals surface area contributed by atoms with Gasteiger partial charge < -0.3 is 16.0 Å². The third kappa shape index (κ3) is 4.86. The highest BCUT2D eigenvalue weighted by Gasteiger charge is 2.10. The normalized spacial score (nSPS) is 9.84. The highest BCUT2D eigenvalue weighted by Crippen LogP contribution is 2.23. The van der Waals surface area contributed by atoms with Gasteiger partial charge >= 0.3 is 0 Å². The Bertz CT molecular complexity index is 862. The molecule has 2 amide bonds. The number of halogens is 2. The lowest BCUT2D eigenvalue weighted by Gasteiger charge is -2.11. The largest absolute Gasteiger partial charge is 0.375 e. The van der Waals surface area contributed by atoms with Crippen LogP contribution in [0.3, 0.4) is 0 Å². The van der Waals surface area contributed by atoms with Gasteiger partial charge in [-0.2, -0.15) is 5.26 Å². The van der Waals surface area contributed by atoms with Gasteiger partial charge in [-0.3, -0.25) is 9.59 Å². The fourth-order valence-corrected chi connectivity index (χ4v) is 2.39. The molecule has 2 aromatic carbocycles. The van der Waals surface area contributed by atoms with Crippen LogP contribution in [0.4, 0.5) is 11.4 Å². The number of hydrogen-bond acceptors (Lipinski definition) is 4. The van der Waals surface area contributed by atoms with Crippen molar-refractivity contribution in [1.29, 1.82) is 5.26 Å². The number of nitrogens with one attached hydrogen (secondary N) is 3. The Morgan fingerprint density at radius 1 is 1.12 bits per heavy atom. The summed E-state index contributed by atoms with van der Waals surface area (Å²) in [4.78, 5) is 23.8. The molecule has 0 radical (unpaired) electrons. The summed E-state index contributed by atoms with van der Waals surface area (Å²) in [5.41, 5.74) is 1.49. The monoisotopic (exact) mass is 376 g/mol. The zero-order valence-corrected chi connectivity index (χ0v) is 14.7. The van der Waals surface area contributed by atoms with Gasteiger partial charge in [0.1, 0.15) is 6.07 Å². The minimum Gasteiger partial charge on any atom is -0.375 e. The number of amides is 2. The second-order valence-electron chi connectivity index (χ2n) is 4.98. The smallest absolute Gasteiger partial charge is 0.251 e. The van der Waals surface area contributed by atoms with Crippen LogP contribution in [0.5, 0.6) is 0 Å². The number of rotatable bonds is 5. The third-order valence-electron chi connectivity index (χ3n) is 3.27. The summed E-state index contributed by atoms with van der Waals surface area (Å²) in [7, 11) is 1.52. The maximum absolute atomic E-state index is 12.1. The molecule has 0 spiro atoms. The molecule has 0 atom stereocenters. The number of hydrogen-bond donors (Lipinski definition) is 3. The van der Waals surface area contributed by atoms with Crippen molar-refractivity contribution in [3.8, 4) is 6.07 Å². The molecule has 0 unspecified atom stereocenters. The van der Waals surface area contributed by atoms with Gasteiger partial charge in [0.2, 0.25) is 5.91 Å². The second-order valence-corrected chi connectivity index (χ2v) is 5.82. The van der Waals surface area contributed by atoms with Gasteiger partial charge in [-0.15, -0.1) is 0 Å².